The van der Waals surface area contributed by atoms with Gasteiger partial charge in [-0.15, -0.1) is 13.2 Å². The number of nitrogens with one attached hydrogen (secondary N) is 1. The largest absolute Gasteiger partial charge is 0.573 e. The number of fused-ring (bicyclic) bond motifs is 1. The van der Waals surface area contributed by atoms with E-state index in [1.165, 1.54) is 24.3 Å². The number of halogens is 5. The van der Waals surface area contributed by atoms with Crippen LogP contribution in [0.15, 0.2) is 36.4 Å². The van der Waals surface area contributed by atoms with E-state index < -0.39 is 29.9 Å². The van der Waals surface area contributed by atoms with Crippen molar-refractivity contribution in [2.75, 3.05) is 6.61 Å². The SMILES string of the molecule is CCOC(c1ccc(OC(F)(F)F)c(F)c1)c1nc2ccc(F)cc2[nH]1. The van der Waals surface area contributed by atoms with Crippen LogP contribution in [-0.4, -0.2) is 22.9 Å². The lowest BCUT2D eigenvalue weighted by Crippen LogP contribution is -2.18. The van der Waals surface area contributed by atoms with Crippen molar-refractivity contribution in [1.29, 1.82) is 0 Å². The first-order valence-corrected chi connectivity index (χ1v) is 7.59. The molecule has 138 valence electrons. The predicted molar refractivity (Wildman–Crippen MR) is 82.6 cm³/mol. The van der Waals surface area contributed by atoms with E-state index in [4.69, 9.17) is 4.74 Å². The lowest BCUT2D eigenvalue weighted by Gasteiger charge is -2.16. The molecule has 1 aromatic heterocycles. The molecule has 0 radical (unpaired) electrons. The molecule has 1 atom stereocenters. The highest BCUT2D eigenvalue weighted by atomic mass is 19.4. The van der Waals surface area contributed by atoms with Gasteiger partial charge in [0.1, 0.15) is 17.7 Å². The van der Waals surface area contributed by atoms with Crippen LogP contribution in [0, 0.1) is 11.6 Å². The summed E-state index contributed by atoms with van der Waals surface area (Å²) < 4.78 is 73.2. The van der Waals surface area contributed by atoms with Crippen LogP contribution >= 0.6 is 0 Å². The number of hydrogen-bond donors (Lipinski definition) is 1. The van der Waals surface area contributed by atoms with Gasteiger partial charge in [0, 0.05) is 6.61 Å². The molecular formula is C17H13F5N2O2. The van der Waals surface area contributed by atoms with Crippen LogP contribution in [-0.2, 0) is 4.74 Å². The normalized spacial score (nSPS) is 13.2. The third-order valence-electron chi connectivity index (χ3n) is 3.53. The van der Waals surface area contributed by atoms with Gasteiger partial charge in [-0.2, -0.15) is 0 Å². The van der Waals surface area contributed by atoms with E-state index in [2.05, 4.69) is 14.7 Å². The third-order valence-corrected chi connectivity index (χ3v) is 3.53. The van der Waals surface area contributed by atoms with Gasteiger partial charge in [-0.25, -0.2) is 13.8 Å². The Labute approximate surface area is 144 Å². The number of nitrogens with zero attached hydrogens (tertiary/aromatic N) is 1. The van der Waals surface area contributed by atoms with Gasteiger partial charge in [0.25, 0.3) is 0 Å². The molecule has 0 aliphatic rings. The summed E-state index contributed by atoms with van der Waals surface area (Å²) in [5, 5.41) is 0. The van der Waals surface area contributed by atoms with E-state index in [0.29, 0.717) is 11.0 Å². The quantitative estimate of drug-likeness (QED) is 0.651. The molecule has 26 heavy (non-hydrogen) atoms. The first-order valence-electron chi connectivity index (χ1n) is 7.59. The Kier molecular flexibility index (Phi) is 4.82. The minimum atomic E-state index is -5.00. The van der Waals surface area contributed by atoms with Crippen LogP contribution in [0.25, 0.3) is 11.0 Å². The fourth-order valence-corrected chi connectivity index (χ4v) is 2.51. The van der Waals surface area contributed by atoms with Gasteiger partial charge < -0.3 is 14.5 Å². The van der Waals surface area contributed by atoms with Crippen molar-refractivity contribution in [2.45, 2.75) is 19.4 Å². The van der Waals surface area contributed by atoms with E-state index in [0.717, 1.165) is 12.1 Å². The number of benzene rings is 2. The first-order chi connectivity index (χ1) is 12.3. The Balaban J connectivity index is 1.97. The standard InChI is InChI=1S/C17H13F5N2O2/c1-2-25-15(16-23-12-5-4-10(18)8-13(12)24-16)9-3-6-14(11(19)7-9)26-17(20,21)22/h3-8,15H,2H2,1H3,(H,23,24). The maximum absolute atomic E-state index is 14.0. The second-order valence-corrected chi connectivity index (χ2v) is 5.36. The molecule has 1 heterocycles. The number of H-pyrrole nitrogens is 1. The summed E-state index contributed by atoms with van der Waals surface area (Å²) in [5.41, 5.74) is 1.13. The van der Waals surface area contributed by atoms with E-state index in [9.17, 15) is 22.0 Å². The second kappa shape index (κ2) is 6.91. The number of aromatic amines is 1. The van der Waals surface area contributed by atoms with E-state index in [-0.39, 0.29) is 18.0 Å². The molecule has 4 nitrogen and oxygen atoms in total. The average molecular weight is 372 g/mol. The van der Waals surface area contributed by atoms with Gasteiger partial charge in [0.15, 0.2) is 11.6 Å². The summed E-state index contributed by atoms with van der Waals surface area (Å²) in [7, 11) is 0. The van der Waals surface area contributed by atoms with Crippen molar-refractivity contribution in [1.82, 2.24) is 9.97 Å². The van der Waals surface area contributed by atoms with Crippen molar-refractivity contribution in [2.24, 2.45) is 0 Å². The number of ether oxygens (including phenoxy) is 2. The number of alkyl halides is 3. The molecule has 0 fully saturated rings. The van der Waals surface area contributed by atoms with E-state index >= 15 is 0 Å². The van der Waals surface area contributed by atoms with Gasteiger partial charge >= 0.3 is 6.36 Å². The number of rotatable bonds is 5. The highest BCUT2D eigenvalue weighted by Crippen LogP contribution is 2.31. The maximum atomic E-state index is 14.0. The fourth-order valence-electron chi connectivity index (χ4n) is 2.51. The molecule has 0 saturated carbocycles. The fraction of sp³-hybridized carbons (Fsp3) is 0.235. The smallest absolute Gasteiger partial charge is 0.403 e. The molecule has 0 amide bonds. The minimum absolute atomic E-state index is 0.235. The Bertz CT molecular complexity index is 923. The molecule has 1 unspecified atom stereocenters. The molecule has 3 rings (SSSR count). The Morgan fingerprint density at radius 1 is 1.12 bits per heavy atom. The minimum Gasteiger partial charge on any atom is -0.403 e. The van der Waals surface area contributed by atoms with Gasteiger partial charge in [-0.05, 0) is 42.8 Å². The maximum Gasteiger partial charge on any atom is 0.573 e. The van der Waals surface area contributed by atoms with Gasteiger partial charge in [-0.3, -0.25) is 0 Å². The Hall–Kier alpha value is -2.68. The molecule has 2 aromatic carbocycles. The van der Waals surface area contributed by atoms with Crippen molar-refractivity contribution < 1.29 is 31.4 Å². The van der Waals surface area contributed by atoms with Crippen molar-refractivity contribution in [3.63, 3.8) is 0 Å². The summed E-state index contributed by atoms with van der Waals surface area (Å²) in [6.45, 7) is 1.94. The van der Waals surface area contributed by atoms with E-state index in [1.54, 1.807) is 6.92 Å². The van der Waals surface area contributed by atoms with Gasteiger partial charge in [0.2, 0.25) is 0 Å². The van der Waals surface area contributed by atoms with Gasteiger partial charge in [-0.1, -0.05) is 6.07 Å². The average Bonchev–Trinajstić information content (AvgIpc) is 2.96. The monoisotopic (exact) mass is 372 g/mol. The first kappa shape index (κ1) is 18.1. The van der Waals surface area contributed by atoms with Crippen LogP contribution in [0.4, 0.5) is 22.0 Å². The summed E-state index contributed by atoms with van der Waals surface area (Å²) >= 11 is 0. The van der Waals surface area contributed by atoms with Crippen LogP contribution in [0.2, 0.25) is 0 Å². The molecular weight excluding hydrogens is 359 g/mol. The molecule has 0 spiro atoms. The van der Waals surface area contributed by atoms with Crippen LogP contribution in [0.5, 0.6) is 5.75 Å². The molecule has 1 N–H and O–H groups in total. The van der Waals surface area contributed by atoms with Crippen LogP contribution < -0.4 is 4.74 Å². The molecule has 9 heteroatoms. The number of aromatic nitrogens is 2. The molecule has 0 aliphatic heterocycles. The van der Waals surface area contributed by atoms with Crippen LogP contribution in [0.1, 0.15) is 24.4 Å². The Morgan fingerprint density at radius 3 is 2.54 bits per heavy atom. The summed E-state index contributed by atoms with van der Waals surface area (Å²) in [4.78, 5) is 7.16. The lowest BCUT2D eigenvalue weighted by atomic mass is 10.1. The van der Waals surface area contributed by atoms with Crippen molar-refractivity contribution in [3.05, 3.63) is 59.4 Å². The zero-order valence-electron chi connectivity index (χ0n) is 13.4. The predicted octanol–water partition coefficient (Wildman–Crippen LogP) is 4.87. The third kappa shape index (κ3) is 3.93. The van der Waals surface area contributed by atoms with Crippen LogP contribution in [0.3, 0.4) is 0 Å². The van der Waals surface area contributed by atoms with Gasteiger partial charge in [0.05, 0.1) is 11.0 Å². The second-order valence-electron chi connectivity index (χ2n) is 5.36. The number of imidazole rings is 1. The zero-order chi connectivity index (χ0) is 18.9. The lowest BCUT2D eigenvalue weighted by molar-refractivity contribution is -0.275. The summed E-state index contributed by atoms with van der Waals surface area (Å²) in [6.07, 6.45) is -5.87. The molecule has 0 saturated heterocycles. The highest BCUT2D eigenvalue weighted by Gasteiger charge is 2.32. The molecule has 3 aromatic rings. The zero-order valence-corrected chi connectivity index (χ0v) is 13.4. The summed E-state index contributed by atoms with van der Waals surface area (Å²) in [6, 6.07) is 6.95. The van der Waals surface area contributed by atoms with E-state index in [1.807, 2.05) is 0 Å². The molecule has 0 bridgehead atoms. The summed E-state index contributed by atoms with van der Waals surface area (Å²) in [5.74, 6) is -2.31. The topological polar surface area (TPSA) is 47.1 Å². The van der Waals surface area contributed by atoms with Crippen molar-refractivity contribution in [3.8, 4) is 5.75 Å². The van der Waals surface area contributed by atoms with Crippen molar-refractivity contribution >= 4 is 11.0 Å². The highest BCUT2D eigenvalue weighted by molar-refractivity contribution is 5.75. The molecule has 0 aliphatic carbocycles. The number of hydrogen-bond acceptors (Lipinski definition) is 3. The Morgan fingerprint density at radius 2 is 1.88 bits per heavy atom.